The first kappa shape index (κ1) is 15.6. The Morgan fingerprint density at radius 2 is 1.88 bits per heavy atom. The number of pyridine rings is 2. The van der Waals surface area contributed by atoms with Crippen LogP contribution < -0.4 is 16.4 Å². The molecular weight excluding hydrogens is 326 g/mol. The average Bonchev–Trinajstić information content (AvgIpc) is 3.18. The van der Waals surface area contributed by atoms with Crippen molar-refractivity contribution in [3.05, 3.63) is 35.7 Å². The summed E-state index contributed by atoms with van der Waals surface area (Å²) < 4.78 is 0. The van der Waals surface area contributed by atoms with Gasteiger partial charge in [-0.3, -0.25) is 10.1 Å². The molecule has 5 rings (SSSR count). The number of hydrogen-bond acceptors (Lipinski definition) is 6. The van der Waals surface area contributed by atoms with Crippen LogP contribution in [0.4, 0.5) is 17.5 Å². The zero-order chi connectivity index (χ0) is 17.7. The van der Waals surface area contributed by atoms with Gasteiger partial charge < -0.3 is 16.4 Å². The SMILES string of the molecule is Cc1cc(Nc2cc3nc([C@H]4C[C@H]5CC[C@@H](C4)N5)ccc3c(N)n2)n[nH]1. The van der Waals surface area contributed by atoms with Crippen molar-refractivity contribution >= 4 is 28.4 Å². The normalized spacial score (nSPS) is 24.9. The Morgan fingerprint density at radius 3 is 2.62 bits per heavy atom. The molecule has 2 bridgehead atoms. The van der Waals surface area contributed by atoms with E-state index in [1.807, 2.05) is 19.1 Å². The summed E-state index contributed by atoms with van der Waals surface area (Å²) in [5.74, 6) is 2.40. The minimum atomic E-state index is 0.488. The van der Waals surface area contributed by atoms with Gasteiger partial charge in [-0.1, -0.05) is 0 Å². The molecule has 134 valence electrons. The predicted octanol–water partition coefficient (Wildman–Crippen LogP) is 2.99. The molecule has 0 saturated carbocycles. The molecule has 0 aliphatic carbocycles. The zero-order valence-corrected chi connectivity index (χ0v) is 14.8. The maximum Gasteiger partial charge on any atom is 0.153 e. The number of H-pyrrole nitrogens is 1. The second-order valence-corrected chi connectivity index (χ2v) is 7.56. The van der Waals surface area contributed by atoms with Crippen LogP contribution in [0.3, 0.4) is 0 Å². The van der Waals surface area contributed by atoms with Gasteiger partial charge >= 0.3 is 0 Å². The molecule has 0 unspecified atom stereocenters. The maximum atomic E-state index is 6.17. The van der Waals surface area contributed by atoms with Crippen LogP contribution >= 0.6 is 0 Å². The molecule has 0 aromatic carbocycles. The number of nitrogen functional groups attached to an aromatic ring is 1. The lowest BCUT2D eigenvalue weighted by atomic mass is 9.89. The van der Waals surface area contributed by atoms with Crippen molar-refractivity contribution in [1.29, 1.82) is 0 Å². The molecule has 2 aliphatic rings. The first-order chi connectivity index (χ1) is 12.6. The molecule has 2 saturated heterocycles. The summed E-state index contributed by atoms with van der Waals surface area (Å²) >= 11 is 0. The topological polar surface area (TPSA) is 105 Å². The van der Waals surface area contributed by atoms with Crippen LogP contribution in [0, 0.1) is 6.92 Å². The van der Waals surface area contributed by atoms with Gasteiger partial charge in [-0.2, -0.15) is 5.10 Å². The van der Waals surface area contributed by atoms with Gasteiger partial charge in [-0.15, -0.1) is 0 Å². The second-order valence-electron chi connectivity index (χ2n) is 7.56. The molecule has 5 heterocycles. The summed E-state index contributed by atoms with van der Waals surface area (Å²) in [6, 6.07) is 9.37. The van der Waals surface area contributed by atoms with Crippen molar-refractivity contribution in [2.45, 2.75) is 50.6 Å². The van der Waals surface area contributed by atoms with Crippen molar-refractivity contribution < 1.29 is 0 Å². The monoisotopic (exact) mass is 349 g/mol. The summed E-state index contributed by atoms with van der Waals surface area (Å²) in [6.45, 7) is 1.96. The number of rotatable bonds is 3. The van der Waals surface area contributed by atoms with E-state index in [1.165, 1.54) is 31.4 Å². The molecule has 7 nitrogen and oxygen atoms in total. The first-order valence-electron chi connectivity index (χ1n) is 9.26. The standard InChI is InChI=1S/C19H23N7/c1-10-6-18(26-25-10)23-17-9-16-14(19(20)24-17)4-5-15(22-16)11-7-12-2-3-13(8-11)21-12/h4-6,9,11-13,21H,2-3,7-8H2,1H3,(H4,20,23,24,25,26)/t11-,12+,13-. The minimum Gasteiger partial charge on any atom is -0.383 e. The van der Waals surface area contributed by atoms with E-state index in [0.29, 0.717) is 29.6 Å². The Balaban J connectivity index is 1.48. The van der Waals surface area contributed by atoms with Crippen LogP contribution in [0.5, 0.6) is 0 Å². The molecule has 3 aromatic rings. The highest BCUT2D eigenvalue weighted by molar-refractivity contribution is 5.90. The Labute approximate surface area is 151 Å². The number of aryl methyl sites for hydroxylation is 1. The van der Waals surface area contributed by atoms with Gasteiger partial charge in [0.15, 0.2) is 5.82 Å². The second kappa shape index (κ2) is 5.95. The van der Waals surface area contributed by atoms with Gasteiger partial charge in [-0.05, 0) is 44.7 Å². The van der Waals surface area contributed by atoms with Gasteiger partial charge in [0.25, 0.3) is 0 Å². The molecule has 0 radical (unpaired) electrons. The van der Waals surface area contributed by atoms with Crippen LogP contribution in [0.2, 0.25) is 0 Å². The number of aromatic amines is 1. The number of hydrogen-bond donors (Lipinski definition) is 4. The highest BCUT2D eigenvalue weighted by atomic mass is 15.2. The van der Waals surface area contributed by atoms with Crippen molar-refractivity contribution in [2.24, 2.45) is 0 Å². The van der Waals surface area contributed by atoms with Crippen LogP contribution in [0.1, 0.15) is 43.0 Å². The molecule has 3 aromatic heterocycles. The fourth-order valence-electron chi connectivity index (χ4n) is 4.37. The number of aromatic nitrogens is 4. The summed E-state index contributed by atoms with van der Waals surface area (Å²) in [7, 11) is 0. The molecule has 2 aliphatic heterocycles. The van der Waals surface area contributed by atoms with Crippen LogP contribution in [-0.4, -0.2) is 32.2 Å². The van der Waals surface area contributed by atoms with Crippen molar-refractivity contribution in [2.75, 3.05) is 11.1 Å². The number of anilines is 3. The lowest BCUT2D eigenvalue weighted by molar-refractivity contribution is 0.359. The third-order valence-corrected chi connectivity index (χ3v) is 5.59. The van der Waals surface area contributed by atoms with Gasteiger partial charge in [0.2, 0.25) is 0 Å². The van der Waals surface area contributed by atoms with E-state index in [9.17, 15) is 0 Å². The van der Waals surface area contributed by atoms with Crippen LogP contribution in [-0.2, 0) is 0 Å². The van der Waals surface area contributed by atoms with E-state index in [4.69, 9.17) is 10.7 Å². The number of nitrogens with zero attached hydrogens (tertiary/aromatic N) is 3. The van der Waals surface area contributed by atoms with E-state index in [0.717, 1.165) is 22.4 Å². The van der Waals surface area contributed by atoms with Gasteiger partial charge in [0.05, 0.1) is 5.52 Å². The third-order valence-electron chi connectivity index (χ3n) is 5.59. The number of fused-ring (bicyclic) bond motifs is 3. The molecule has 0 spiro atoms. The van der Waals surface area contributed by atoms with Crippen LogP contribution in [0.25, 0.3) is 10.9 Å². The highest BCUT2D eigenvalue weighted by Crippen LogP contribution is 2.37. The van der Waals surface area contributed by atoms with Gasteiger partial charge in [0.1, 0.15) is 11.6 Å². The van der Waals surface area contributed by atoms with Crippen molar-refractivity contribution in [1.82, 2.24) is 25.5 Å². The first-order valence-corrected chi connectivity index (χ1v) is 9.26. The Hall–Kier alpha value is -2.67. The quantitative estimate of drug-likeness (QED) is 0.579. The molecule has 0 amide bonds. The Bertz CT molecular complexity index is 952. The van der Waals surface area contributed by atoms with E-state index in [2.05, 4.69) is 37.9 Å². The smallest absolute Gasteiger partial charge is 0.153 e. The van der Waals surface area contributed by atoms with Crippen molar-refractivity contribution in [3.63, 3.8) is 0 Å². The molecule has 5 N–H and O–H groups in total. The van der Waals surface area contributed by atoms with Crippen molar-refractivity contribution in [3.8, 4) is 0 Å². The fraction of sp³-hybridized carbons (Fsp3) is 0.421. The summed E-state index contributed by atoms with van der Waals surface area (Å²) in [4.78, 5) is 9.39. The molecule has 3 atom stereocenters. The summed E-state index contributed by atoms with van der Waals surface area (Å²) in [5.41, 5.74) is 9.21. The lowest BCUT2D eigenvalue weighted by Crippen LogP contribution is -2.37. The molecule has 26 heavy (non-hydrogen) atoms. The van der Waals surface area contributed by atoms with E-state index >= 15 is 0 Å². The largest absolute Gasteiger partial charge is 0.383 e. The van der Waals surface area contributed by atoms with E-state index < -0.39 is 0 Å². The predicted molar refractivity (Wildman–Crippen MR) is 102 cm³/mol. The summed E-state index contributed by atoms with van der Waals surface area (Å²) in [6.07, 6.45) is 4.94. The number of nitrogens with two attached hydrogens (primary N) is 1. The number of piperidine rings is 1. The van der Waals surface area contributed by atoms with Gasteiger partial charge in [-0.25, -0.2) is 4.98 Å². The Kier molecular flexibility index (Phi) is 3.56. The molecule has 2 fully saturated rings. The highest BCUT2D eigenvalue weighted by Gasteiger charge is 2.34. The molecule has 7 heteroatoms. The van der Waals surface area contributed by atoms with E-state index in [1.54, 1.807) is 0 Å². The fourth-order valence-corrected chi connectivity index (χ4v) is 4.37. The lowest BCUT2D eigenvalue weighted by Gasteiger charge is -2.28. The summed E-state index contributed by atoms with van der Waals surface area (Å²) in [5, 5.41) is 14.9. The third kappa shape index (κ3) is 2.78. The zero-order valence-electron chi connectivity index (χ0n) is 14.8. The molecular formula is C19H23N7. The average molecular weight is 349 g/mol. The Morgan fingerprint density at radius 1 is 1.08 bits per heavy atom. The number of nitrogens with one attached hydrogen (secondary N) is 3. The minimum absolute atomic E-state index is 0.488. The van der Waals surface area contributed by atoms with Crippen LogP contribution in [0.15, 0.2) is 24.3 Å². The van der Waals surface area contributed by atoms with E-state index in [-0.39, 0.29) is 0 Å². The van der Waals surface area contributed by atoms with Gasteiger partial charge in [0, 0.05) is 46.9 Å². The maximum absolute atomic E-state index is 6.17.